The minimum absolute atomic E-state index is 0.598. The maximum atomic E-state index is 5.53. The minimum Gasteiger partial charge on any atom is -0.330 e. The third kappa shape index (κ3) is 1.67. The Kier molecular flexibility index (Phi) is 2.56. The third-order valence-corrected chi connectivity index (χ3v) is 2.88. The zero-order valence-electron chi connectivity index (χ0n) is 10.1. The molecule has 18 heavy (non-hydrogen) atoms. The molecule has 0 bridgehead atoms. The first kappa shape index (κ1) is 10.9. The Hall–Kier alpha value is -2.21. The summed E-state index contributed by atoms with van der Waals surface area (Å²) in [5, 5.41) is 4.53. The van der Waals surface area contributed by atoms with Crippen LogP contribution >= 0.6 is 0 Å². The molecular formula is C12H14N6. The standard InChI is InChI=1S/C12H14N6/c1-17-11(9-3-6-14-7-4-9)16-18-8-10(2-5-13)15-12(17)18/h3-4,6-8H,2,5,13H2,1H3. The van der Waals surface area contributed by atoms with E-state index in [1.54, 1.807) is 16.9 Å². The van der Waals surface area contributed by atoms with Gasteiger partial charge in [0.15, 0.2) is 5.82 Å². The molecule has 0 aliphatic carbocycles. The molecule has 6 nitrogen and oxygen atoms in total. The molecule has 0 radical (unpaired) electrons. The number of aromatic nitrogens is 5. The van der Waals surface area contributed by atoms with Crippen LogP contribution in [0, 0.1) is 0 Å². The van der Waals surface area contributed by atoms with Gasteiger partial charge in [0, 0.05) is 31.4 Å². The van der Waals surface area contributed by atoms with Crippen LogP contribution in [0.5, 0.6) is 0 Å². The Labute approximate surface area is 104 Å². The highest BCUT2D eigenvalue weighted by molar-refractivity contribution is 5.57. The minimum atomic E-state index is 0.598. The summed E-state index contributed by atoms with van der Waals surface area (Å²) in [6.45, 7) is 0.598. The van der Waals surface area contributed by atoms with E-state index in [9.17, 15) is 0 Å². The first-order chi connectivity index (χ1) is 8.79. The van der Waals surface area contributed by atoms with Gasteiger partial charge in [0.2, 0.25) is 5.78 Å². The second-order valence-electron chi connectivity index (χ2n) is 4.13. The predicted octanol–water partition coefficient (Wildman–Crippen LogP) is 0.631. The fourth-order valence-electron chi connectivity index (χ4n) is 1.99. The number of nitrogens with two attached hydrogens (primary N) is 1. The Balaban J connectivity index is 2.10. The molecule has 3 rings (SSSR count). The Bertz CT molecular complexity index is 667. The van der Waals surface area contributed by atoms with Crippen LogP contribution in [0.4, 0.5) is 0 Å². The van der Waals surface area contributed by atoms with E-state index < -0.39 is 0 Å². The molecule has 2 N–H and O–H groups in total. The molecule has 0 aromatic carbocycles. The van der Waals surface area contributed by atoms with Gasteiger partial charge in [0.05, 0.1) is 11.9 Å². The van der Waals surface area contributed by atoms with Crippen molar-refractivity contribution in [3.63, 3.8) is 0 Å². The van der Waals surface area contributed by atoms with E-state index in [1.807, 2.05) is 29.9 Å². The molecule has 0 amide bonds. The topological polar surface area (TPSA) is 74.0 Å². The van der Waals surface area contributed by atoms with Crippen LogP contribution in [0.2, 0.25) is 0 Å². The fraction of sp³-hybridized carbons (Fsp3) is 0.250. The molecule has 0 aliphatic rings. The van der Waals surface area contributed by atoms with E-state index in [0.29, 0.717) is 6.54 Å². The van der Waals surface area contributed by atoms with Crippen molar-refractivity contribution in [1.82, 2.24) is 24.1 Å². The average molecular weight is 242 g/mol. The van der Waals surface area contributed by atoms with E-state index in [1.165, 1.54) is 0 Å². The van der Waals surface area contributed by atoms with Crippen LogP contribution in [-0.4, -0.2) is 30.7 Å². The van der Waals surface area contributed by atoms with Crippen molar-refractivity contribution >= 4 is 5.78 Å². The molecule has 3 aromatic heterocycles. The predicted molar refractivity (Wildman–Crippen MR) is 67.9 cm³/mol. The SMILES string of the molecule is Cn1c(-c2ccncc2)nn2cc(CCN)nc12. The molecule has 3 aromatic rings. The number of nitrogens with zero attached hydrogens (tertiary/aromatic N) is 5. The van der Waals surface area contributed by atoms with Crippen LogP contribution in [0.3, 0.4) is 0 Å². The number of hydrogen-bond acceptors (Lipinski definition) is 4. The van der Waals surface area contributed by atoms with E-state index in [4.69, 9.17) is 5.73 Å². The van der Waals surface area contributed by atoms with Gasteiger partial charge in [-0.05, 0) is 18.7 Å². The quantitative estimate of drug-likeness (QED) is 0.731. The summed E-state index contributed by atoms with van der Waals surface area (Å²) in [6.07, 6.45) is 6.21. The highest BCUT2D eigenvalue weighted by atomic mass is 15.4. The monoisotopic (exact) mass is 242 g/mol. The summed E-state index contributed by atoms with van der Waals surface area (Å²) in [5.74, 6) is 1.70. The van der Waals surface area contributed by atoms with E-state index in [-0.39, 0.29) is 0 Å². The van der Waals surface area contributed by atoms with Crippen molar-refractivity contribution in [2.24, 2.45) is 12.8 Å². The summed E-state index contributed by atoms with van der Waals surface area (Å²) in [5.41, 5.74) is 7.52. The first-order valence-corrected chi connectivity index (χ1v) is 5.81. The lowest BCUT2D eigenvalue weighted by atomic mass is 10.2. The normalized spacial score (nSPS) is 11.2. The Morgan fingerprint density at radius 3 is 2.72 bits per heavy atom. The molecule has 0 atom stereocenters. The van der Waals surface area contributed by atoms with Gasteiger partial charge in [0.25, 0.3) is 0 Å². The molecule has 3 heterocycles. The number of imidazole rings is 1. The van der Waals surface area contributed by atoms with Gasteiger partial charge in [-0.3, -0.25) is 9.55 Å². The molecule has 0 saturated carbocycles. The molecule has 0 saturated heterocycles. The fourth-order valence-corrected chi connectivity index (χ4v) is 1.99. The Morgan fingerprint density at radius 2 is 2.06 bits per heavy atom. The molecule has 0 spiro atoms. The van der Waals surface area contributed by atoms with Crippen molar-refractivity contribution in [3.05, 3.63) is 36.4 Å². The number of aryl methyl sites for hydroxylation is 1. The largest absolute Gasteiger partial charge is 0.330 e. The second-order valence-corrected chi connectivity index (χ2v) is 4.13. The highest BCUT2D eigenvalue weighted by Gasteiger charge is 2.12. The Morgan fingerprint density at radius 1 is 1.28 bits per heavy atom. The molecule has 0 unspecified atom stereocenters. The van der Waals surface area contributed by atoms with Gasteiger partial charge >= 0.3 is 0 Å². The van der Waals surface area contributed by atoms with Crippen molar-refractivity contribution in [2.45, 2.75) is 6.42 Å². The van der Waals surface area contributed by atoms with Crippen molar-refractivity contribution in [3.8, 4) is 11.4 Å². The zero-order chi connectivity index (χ0) is 12.5. The molecule has 92 valence electrons. The number of fused-ring (bicyclic) bond motifs is 1. The maximum absolute atomic E-state index is 5.53. The molecule has 0 aliphatic heterocycles. The molecular weight excluding hydrogens is 228 g/mol. The van der Waals surface area contributed by atoms with Crippen LogP contribution in [0.25, 0.3) is 17.2 Å². The lowest BCUT2D eigenvalue weighted by molar-refractivity contribution is 0.902. The van der Waals surface area contributed by atoms with Crippen LogP contribution in [-0.2, 0) is 13.5 Å². The summed E-state index contributed by atoms with van der Waals surface area (Å²) in [6, 6.07) is 3.87. The van der Waals surface area contributed by atoms with Gasteiger partial charge in [-0.2, -0.15) is 0 Å². The zero-order valence-corrected chi connectivity index (χ0v) is 10.1. The van der Waals surface area contributed by atoms with Gasteiger partial charge in [-0.1, -0.05) is 0 Å². The smallest absolute Gasteiger partial charge is 0.232 e. The maximum Gasteiger partial charge on any atom is 0.232 e. The molecule has 0 fully saturated rings. The summed E-state index contributed by atoms with van der Waals surface area (Å²) >= 11 is 0. The van der Waals surface area contributed by atoms with Gasteiger partial charge in [-0.25, -0.2) is 9.50 Å². The van der Waals surface area contributed by atoms with Crippen LogP contribution in [0.1, 0.15) is 5.69 Å². The average Bonchev–Trinajstić information content (AvgIpc) is 2.91. The van der Waals surface area contributed by atoms with Gasteiger partial charge in [-0.15, -0.1) is 5.10 Å². The van der Waals surface area contributed by atoms with Crippen LogP contribution in [0.15, 0.2) is 30.7 Å². The van der Waals surface area contributed by atoms with Crippen molar-refractivity contribution < 1.29 is 0 Å². The molecule has 6 heteroatoms. The third-order valence-electron chi connectivity index (χ3n) is 2.88. The highest BCUT2D eigenvalue weighted by Crippen LogP contribution is 2.18. The first-order valence-electron chi connectivity index (χ1n) is 5.81. The number of pyridine rings is 1. The second kappa shape index (κ2) is 4.23. The van der Waals surface area contributed by atoms with E-state index in [0.717, 1.165) is 29.3 Å². The number of hydrogen-bond donors (Lipinski definition) is 1. The van der Waals surface area contributed by atoms with Crippen molar-refractivity contribution in [1.29, 1.82) is 0 Å². The number of rotatable bonds is 3. The van der Waals surface area contributed by atoms with Crippen molar-refractivity contribution in [2.75, 3.05) is 6.54 Å². The summed E-state index contributed by atoms with van der Waals surface area (Å²) in [4.78, 5) is 8.52. The van der Waals surface area contributed by atoms with E-state index in [2.05, 4.69) is 15.1 Å². The summed E-state index contributed by atoms with van der Waals surface area (Å²) in [7, 11) is 1.96. The van der Waals surface area contributed by atoms with Gasteiger partial charge < -0.3 is 5.73 Å². The van der Waals surface area contributed by atoms with Crippen LogP contribution < -0.4 is 5.73 Å². The lowest BCUT2D eigenvalue weighted by Gasteiger charge is -1.99. The van der Waals surface area contributed by atoms with E-state index >= 15 is 0 Å². The van der Waals surface area contributed by atoms with Gasteiger partial charge in [0.1, 0.15) is 0 Å². The summed E-state index contributed by atoms with van der Waals surface area (Å²) < 4.78 is 3.76. The lowest BCUT2D eigenvalue weighted by Crippen LogP contribution is -2.03.